The molecule has 0 bridgehead atoms. The lowest BCUT2D eigenvalue weighted by Crippen LogP contribution is -2.36. The molecule has 108 valence electrons. The highest BCUT2D eigenvalue weighted by atomic mass is 79.9. The van der Waals surface area contributed by atoms with Gasteiger partial charge in [0.25, 0.3) is 0 Å². The molecule has 0 spiro atoms. The minimum Gasteiger partial charge on any atom is -0.367 e. The van der Waals surface area contributed by atoms with Crippen LogP contribution in [-0.2, 0) is 9.84 Å². The zero-order valence-corrected chi connectivity index (χ0v) is 14.2. The molecule has 0 unspecified atom stereocenters. The molecule has 1 rings (SSSR count). The van der Waals surface area contributed by atoms with E-state index in [4.69, 9.17) is 0 Å². The van der Waals surface area contributed by atoms with Crippen LogP contribution >= 0.6 is 15.9 Å². The van der Waals surface area contributed by atoms with Crippen molar-refractivity contribution in [2.24, 2.45) is 0 Å². The van der Waals surface area contributed by atoms with Crippen molar-refractivity contribution in [2.45, 2.75) is 37.6 Å². The summed E-state index contributed by atoms with van der Waals surface area (Å²) >= 11 is 3.46. The fraction of sp³-hybridized carbons (Fsp3) is 0.571. The normalized spacial score (nSPS) is 11.8. The van der Waals surface area contributed by atoms with Gasteiger partial charge in [-0.25, -0.2) is 8.42 Å². The van der Waals surface area contributed by atoms with Crippen LogP contribution in [0.15, 0.2) is 29.2 Å². The molecule has 0 saturated heterocycles. The predicted molar refractivity (Wildman–Crippen MR) is 85.1 cm³/mol. The summed E-state index contributed by atoms with van der Waals surface area (Å²) in [5.41, 5.74) is 0.818. The lowest BCUT2D eigenvalue weighted by atomic mass is 10.1. The maximum absolute atomic E-state index is 11.9. The summed E-state index contributed by atoms with van der Waals surface area (Å²) in [6.07, 6.45) is 3.27. The van der Waals surface area contributed by atoms with Crippen molar-refractivity contribution in [1.82, 2.24) is 0 Å². The average molecular weight is 348 g/mol. The highest BCUT2D eigenvalue weighted by Gasteiger charge is 2.21. The van der Waals surface area contributed by atoms with Crippen molar-refractivity contribution in [2.75, 3.05) is 23.0 Å². The zero-order chi connectivity index (χ0) is 14.5. The molecular weight excluding hydrogens is 326 g/mol. The lowest BCUT2D eigenvalue weighted by molar-refractivity contribution is 0.563. The summed E-state index contributed by atoms with van der Waals surface area (Å²) in [7, 11) is -3.20. The maximum atomic E-state index is 11.9. The molecule has 5 heteroatoms. The summed E-state index contributed by atoms with van der Waals surface area (Å²) < 4.78 is 23.8. The van der Waals surface area contributed by atoms with Crippen LogP contribution in [0, 0.1) is 0 Å². The van der Waals surface area contributed by atoms with E-state index in [1.54, 1.807) is 12.1 Å². The van der Waals surface area contributed by atoms with E-state index in [1.807, 2.05) is 12.1 Å². The number of benzene rings is 1. The van der Waals surface area contributed by atoms with E-state index in [0.29, 0.717) is 10.9 Å². The summed E-state index contributed by atoms with van der Waals surface area (Å²) in [5, 5.41) is 0.821. The maximum Gasteiger partial charge on any atom is 0.177 e. The van der Waals surface area contributed by atoms with Crippen LogP contribution in [0.1, 0.15) is 26.7 Å². The van der Waals surface area contributed by atoms with Gasteiger partial charge in [-0.05, 0) is 25.0 Å². The van der Waals surface area contributed by atoms with Crippen LogP contribution in [0.5, 0.6) is 0 Å². The van der Waals surface area contributed by atoms with Crippen LogP contribution in [0.3, 0.4) is 0 Å². The van der Waals surface area contributed by atoms with Crippen molar-refractivity contribution in [1.29, 1.82) is 0 Å². The molecule has 19 heavy (non-hydrogen) atoms. The number of alkyl halides is 1. The average Bonchev–Trinajstić information content (AvgIpc) is 2.38. The Balaban J connectivity index is 3.30. The third-order valence-corrected chi connectivity index (χ3v) is 4.78. The first-order valence-corrected chi connectivity index (χ1v) is 9.58. The number of rotatable bonds is 7. The van der Waals surface area contributed by atoms with Gasteiger partial charge < -0.3 is 4.90 Å². The number of para-hydroxylation sites is 1. The number of hydrogen-bond donors (Lipinski definition) is 0. The Bertz CT molecular complexity index is 498. The Hall–Kier alpha value is -0.550. The number of hydrogen-bond acceptors (Lipinski definition) is 3. The third kappa shape index (κ3) is 4.21. The predicted octanol–water partition coefficient (Wildman–Crippen LogP) is 3.48. The SMILES string of the molecule is CCC(CC)N(CCBr)c1ccccc1S(C)(=O)=O. The summed E-state index contributed by atoms with van der Waals surface area (Å²) in [6.45, 7) is 5.08. The zero-order valence-electron chi connectivity index (χ0n) is 11.8. The van der Waals surface area contributed by atoms with Gasteiger partial charge in [-0.2, -0.15) is 0 Å². The molecule has 1 aromatic rings. The molecule has 0 fully saturated rings. The van der Waals surface area contributed by atoms with E-state index in [0.717, 1.165) is 30.4 Å². The molecule has 0 heterocycles. The quantitative estimate of drug-likeness (QED) is 0.708. The van der Waals surface area contributed by atoms with Gasteiger partial charge in [-0.3, -0.25) is 0 Å². The molecule has 3 nitrogen and oxygen atoms in total. The van der Waals surface area contributed by atoms with Crippen LogP contribution in [0.25, 0.3) is 0 Å². The second-order valence-electron chi connectivity index (χ2n) is 4.59. The van der Waals surface area contributed by atoms with Gasteiger partial charge in [0, 0.05) is 24.2 Å². The number of nitrogens with zero attached hydrogens (tertiary/aromatic N) is 1. The Morgan fingerprint density at radius 2 is 1.79 bits per heavy atom. The number of sulfone groups is 1. The van der Waals surface area contributed by atoms with Gasteiger partial charge in [0.1, 0.15) is 0 Å². The number of halogens is 1. The molecule has 0 aliphatic carbocycles. The molecule has 0 aliphatic heterocycles. The second kappa shape index (κ2) is 7.29. The standard InChI is InChI=1S/C14H22BrNO2S/c1-4-12(5-2)16(11-10-15)13-8-6-7-9-14(13)19(3,17)18/h6-9,12H,4-5,10-11H2,1-3H3. The Morgan fingerprint density at radius 3 is 2.26 bits per heavy atom. The fourth-order valence-electron chi connectivity index (χ4n) is 2.33. The molecule has 0 atom stereocenters. The minimum atomic E-state index is -3.20. The Kier molecular flexibility index (Phi) is 6.33. The van der Waals surface area contributed by atoms with Crippen molar-refractivity contribution >= 4 is 31.5 Å². The smallest absolute Gasteiger partial charge is 0.177 e. The van der Waals surface area contributed by atoms with Gasteiger partial charge in [0.2, 0.25) is 0 Å². The van der Waals surface area contributed by atoms with Gasteiger partial charge >= 0.3 is 0 Å². The van der Waals surface area contributed by atoms with Gasteiger partial charge in [0.15, 0.2) is 9.84 Å². The minimum absolute atomic E-state index is 0.362. The summed E-state index contributed by atoms with van der Waals surface area (Å²) in [4.78, 5) is 2.62. The van der Waals surface area contributed by atoms with Gasteiger partial charge in [-0.1, -0.05) is 41.9 Å². The van der Waals surface area contributed by atoms with E-state index in [1.165, 1.54) is 6.26 Å². The van der Waals surface area contributed by atoms with Crippen molar-refractivity contribution in [3.8, 4) is 0 Å². The number of anilines is 1. The molecule has 0 N–H and O–H groups in total. The largest absolute Gasteiger partial charge is 0.367 e. The molecule has 0 radical (unpaired) electrons. The molecule has 0 saturated carbocycles. The Morgan fingerprint density at radius 1 is 1.21 bits per heavy atom. The van der Waals surface area contributed by atoms with Gasteiger partial charge in [-0.15, -0.1) is 0 Å². The second-order valence-corrected chi connectivity index (χ2v) is 7.37. The van der Waals surface area contributed by atoms with E-state index in [9.17, 15) is 8.42 Å². The van der Waals surface area contributed by atoms with E-state index in [2.05, 4.69) is 34.7 Å². The summed E-state index contributed by atoms with van der Waals surface area (Å²) in [5.74, 6) is 0. The first kappa shape index (κ1) is 16.5. The molecule has 1 aromatic carbocycles. The first-order valence-electron chi connectivity index (χ1n) is 6.57. The lowest BCUT2D eigenvalue weighted by Gasteiger charge is -2.33. The molecule has 0 aliphatic rings. The molecule has 0 aromatic heterocycles. The van der Waals surface area contributed by atoms with Crippen LogP contribution in [0.4, 0.5) is 5.69 Å². The molecular formula is C14H22BrNO2S. The molecule has 0 amide bonds. The van der Waals surface area contributed by atoms with Crippen molar-refractivity contribution in [3.05, 3.63) is 24.3 Å². The monoisotopic (exact) mass is 347 g/mol. The Labute approximate surface area is 125 Å². The summed E-state index contributed by atoms with van der Waals surface area (Å²) in [6, 6.07) is 7.62. The third-order valence-electron chi connectivity index (χ3n) is 3.28. The highest BCUT2D eigenvalue weighted by Crippen LogP contribution is 2.28. The van der Waals surface area contributed by atoms with E-state index < -0.39 is 9.84 Å². The van der Waals surface area contributed by atoms with E-state index in [-0.39, 0.29) is 0 Å². The van der Waals surface area contributed by atoms with Crippen LogP contribution in [0.2, 0.25) is 0 Å². The van der Waals surface area contributed by atoms with Crippen molar-refractivity contribution in [3.63, 3.8) is 0 Å². The topological polar surface area (TPSA) is 37.4 Å². The van der Waals surface area contributed by atoms with E-state index >= 15 is 0 Å². The van der Waals surface area contributed by atoms with Crippen LogP contribution in [-0.4, -0.2) is 32.6 Å². The van der Waals surface area contributed by atoms with Gasteiger partial charge in [0.05, 0.1) is 10.6 Å². The fourth-order valence-corrected chi connectivity index (χ4v) is 3.60. The highest BCUT2D eigenvalue weighted by molar-refractivity contribution is 9.09. The van der Waals surface area contributed by atoms with Crippen molar-refractivity contribution < 1.29 is 8.42 Å². The first-order chi connectivity index (χ1) is 8.95. The van der Waals surface area contributed by atoms with Crippen LogP contribution < -0.4 is 4.90 Å².